The molecular formula is C20H25N5O2. The van der Waals surface area contributed by atoms with Crippen molar-refractivity contribution >= 4 is 11.7 Å². The maximum absolute atomic E-state index is 11.8. The van der Waals surface area contributed by atoms with Gasteiger partial charge in [-0.15, -0.1) is 0 Å². The Hall–Kier alpha value is -2.54. The summed E-state index contributed by atoms with van der Waals surface area (Å²) in [7, 11) is 0. The third kappa shape index (κ3) is 4.08. The van der Waals surface area contributed by atoms with Gasteiger partial charge in [0, 0.05) is 38.4 Å². The van der Waals surface area contributed by atoms with Gasteiger partial charge in [-0.3, -0.25) is 9.78 Å². The van der Waals surface area contributed by atoms with Crippen LogP contribution in [0.2, 0.25) is 0 Å². The number of hydrogen-bond acceptors (Lipinski definition) is 6. The molecule has 7 nitrogen and oxygen atoms in total. The van der Waals surface area contributed by atoms with Crippen molar-refractivity contribution in [1.29, 1.82) is 0 Å². The lowest BCUT2D eigenvalue weighted by Gasteiger charge is -2.29. The molecule has 0 spiro atoms. The molecule has 1 saturated heterocycles. The van der Waals surface area contributed by atoms with E-state index in [-0.39, 0.29) is 12.0 Å². The lowest BCUT2D eigenvalue weighted by Crippen LogP contribution is -2.36. The number of hydrogen-bond donors (Lipinski definition) is 1. The van der Waals surface area contributed by atoms with Crippen molar-refractivity contribution in [1.82, 2.24) is 19.9 Å². The summed E-state index contributed by atoms with van der Waals surface area (Å²) in [5.41, 5.74) is 2.74. The molecule has 2 aliphatic heterocycles. The molecule has 0 radical (unpaired) electrons. The molecule has 7 heteroatoms. The maximum atomic E-state index is 11.8. The van der Waals surface area contributed by atoms with E-state index >= 15 is 0 Å². The zero-order chi connectivity index (χ0) is 18.6. The quantitative estimate of drug-likeness (QED) is 0.894. The van der Waals surface area contributed by atoms with Crippen LogP contribution in [0.3, 0.4) is 0 Å². The summed E-state index contributed by atoms with van der Waals surface area (Å²) in [6.07, 6.45) is 6.14. The van der Waals surface area contributed by atoms with Crippen molar-refractivity contribution in [2.75, 3.05) is 25.0 Å². The van der Waals surface area contributed by atoms with E-state index in [0.717, 1.165) is 55.2 Å². The Morgan fingerprint density at radius 2 is 2.26 bits per heavy atom. The molecule has 0 saturated carbocycles. The number of aromatic nitrogens is 3. The monoisotopic (exact) mass is 367 g/mol. The van der Waals surface area contributed by atoms with E-state index < -0.39 is 0 Å². The molecule has 4 rings (SSSR count). The first-order valence-corrected chi connectivity index (χ1v) is 9.63. The Morgan fingerprint density at radius 1 is 1.33 bits per heavy atom. The van der Waals surface area contributed by atoms with E-state index in [9.17, 15) is 4.79 Å². The highest BCUT2D eigenvalue weighted by Gasteiger charge is 2.25. The Bertz CT molecular complexity index is 806. The van der Waals surface area contributed by atoms with Crippen LogP contribution < -0.4 is 5.32 Å². The van der Waals surface area contributed by atoms with Gasteiger partial charge in [-0.1, -0.05) is 6.07 Å². The van der Waals surface area contributed by atoms with Gasteiger partial charge in [0.05, 0.1) is 18.3 Å². The Kier molecular flexibility index (Phi) is 5.29. The number of pyridine rings is 1. The van der Waals surface area contributed by atoms with Crippen molar-refractivity contribution in [3.63, 3.8) is 0 Å². The van der Waals surface area contributed by atoms with E-state index in [1.165, 1.54) is 6.42 Å². The molecule has 1 amide bonds. The van der Waals surface area contributed by atoms with Gasteiger partial charge in [-0.2, -0.15) is 0 Å². The molecule has 27 heavy (non-hydrogen) atoms. The molecule has 142 valence electrons. The Morgan fingerprint density at radius 3 is 3.00 bits per heavy atom. The average molecular weight is 367 g/mol. The second-order valence-corrected chi connectivity index (χ2v) is 7.10. The number of nitrogens with one attached hydrogen (secondary N) is 1. The van der Waals surface area contributed by atoms with Crippen LogP contribution >= 0.6 is 0 Å². The highest BCUT2D eigenvalue weighted by molar-refractivity contribution is 5.74. The van der Waals surface area contributed by atoms with Crippen LogP contribution in [0.25, 0.3) is 11.5 Å². The molecule has 0 bridgehead atoms. The standard InChI is InChI=1S/C20H25N5O2/c1-14(26)25-10-8-16-18(13-25)23-20(17-7-2-4-9-21-17)24-19(16)22-12-15-6-3-5-11-27-15/h2,4,7,9,15H,3,5-6,8,10-13H2,1H3,(H,22,23,24)/t15-/m0/s1. The number of carbonyl (C=O) groups excluding carboxylic acids is 1. The number of amides is 1. The third-order valence-electron chi connectivity index (χ3n) is 5.18. The van der Waals surface area contributed by atoms with E-state index in [1.54, 1.807) is 13.1 Å². The molecule has 0 aromatic carbocycles. The maximum Gasteiger partial charge on any atom is 0.219 e. The zero-order valence-electron chi connectivity index (χ0n) is 15.6. The van der Waals surface area contributed by atoms with E-state index in [0.29, 0.717) is 18.9 Å². The van der Waals surface area contributed by atoms with Gasteiger partial charge in [-0.25, -0.2) is 9.97 Å². The largest absolute Gasteiger partial charge is 0.376 e. The highest BCUT2D eigenvalue weighted by Crippen LogP contribution is 2.27. The fourth-order valence-electron chi connectivity index (χ4n) is 3.63. The number of nitrogens with zero attached hydrogens (tertiary/aromatic N) is 4. The smallest absolute Gasteiger partial charge is 0.219 e. The number of carbonyl (C=O) groups is 1. The second kappa shape index (κ2) is 8.00. The minimum absolute atomic E-state index is 0.0729. The first-order valence-electron chi connectivity index (χ1n) is 9.63. The number of ether oxygens (including phenoxy) is 1. The van der Waals surface area contributed by atoms with Crippen molar-refractivity contribution in [2.24, 2.45) is 0 Å². The fourth-order valence-corrected chi connectivity index (χ4v) is 3.63. The van der Waals surface area contributed by atoms with Crippen LogP contribution in [-0.2, 0) is 22.5 Å². The molecule has 2 aromatic heterocycles. The molecule has 4 heterocycles. The number of fused-ring (bicyclic) bond motifs is 1. The molecule has 1 fully saturated rings. The van der Waals surface area contributed by atoms with Crippen LogP contribution in [0.15, 0.2) is 24.4 Å². The van der Waals surface area contributed by atoms with Crippen LogP contribution in [-0.4, -0.2) is 51.6 Å². The van der Waals surface area contributed by atoms with Gasteiger partial charge in [-0.05, 0) is 37.8 Å². The van der Waals surface area contributed by atoms with Gasteiger partial charge in [0.1, 0.15) is 11.5 Å². The van der Waals surface area contributed by atoms with Crippen LogP contribution in [0.4, 0.5) is 5.82 Å². The van der Waals surface area contributed by atoms with E-state index in [4.69, 9.17) is 14.7 Å². The summed E-state index contributed by atoms with van der Waals surface area (Å²) >= 11 is 0. The molecule has 1 N–H and O–H groups in total. The Balaban J connectivity index is 1.63. The van der Waals surface area contributed by atoms with Gasteiger partial charge < -0.3 is 15.0 Å². The van der Waals surface area contributed by atoms with Gasteiger partial charge in [0.2, 0.25) is 5.91 Å². The summed E-state index contributed by atoms with van der Waals surface area (Å²) in [5, 5.41) is 3.49. The SMILES string of the molecule is CC(=O)N1CCc2c(nc(-c3ccccn3)nc2NC[C@@H]2CCCCO2)C1. The minimum atomic E-state index is 0.0729. The fraction of sp³-hybridized carbons (Fsp3) is 0.500. The average Bonchev–Trinajstić information content (AvgIpc) is 2.72. The normalized spacial score (nSPS) is 19.4. The topological polar surface area (TPSA) is 80.2 Å². The van der Waals surface area contributed by atoms with E-state index in [1.807, 2.05) is 23.1 Å². The van der Waals surface area contributed by atoms with Gasteiger partial charge in [0.25, 0.3) is 0 Å². The van der Waals surface area contributed by atoms with Crippen molar-refractivity contribution < 1.29 is 9.53 Å². The summed E-state index contributed by atoms with van der Waals surface area (Å²) in [5.74, 6) is 1.51. The molecule has 2 aromatic rings. The van der Waals surface area contributed by atoms with Crippen LogP contribution in [0.1, 0.15) is 37.4 Å². The van der Waals surface area contributed by atoms with E-state index in [2.05, 4.69) is 10.3 Å². The van der Waals surface area contributed by atoms with Gasteiger partial charge in [0.15, 0.2) is 5.82 Å². The number of rotatable bonds is 4. The number of anilines is 1. The Labute approximate surface area is 159 Å². The third-order valence-corrected chi connectivity index (χ3v) is 5.18. The second-order valence-electron chi connectivity index (χ2n) is 7.10. The first kappa shape index (κ1) is 17.9. The van der Waals surface area contributed by atoms with Crippen LogP contribution in [0, 0.1) is 0 Å². The van der Waals surface area contributed by atoms with Crippen molar-refractivity contribution in [3.05, 3.63) is 35.7 Å². The predicted octanol–water partition coefficient (Wildman–Crippen LogP) is 2.42. The first-order chi connectivity index (χ1) is 13.2. The molecule has 0 unspecified atom stereocenters. The summed E-state index contributed by atoms with van der Waals surface area (Å²) < 4.78 is 5.84. The molecule has 2 aliphatic rings. The summed E-state index contributed by atoms with van der Waals surface area (Å²) in [6.45, 7) is 4.39. The van der Waals surface area contributed by atoms with Crippen molar-refractivity contribution in [2.45, 2.75) is 45.3 Å². The van der Waals surface area contributed by atoms with Crippen molar-refractivity contribution in [3.8, 4) is 11.5 Å². The molecular weight excluding hydrogens is 342 g/mol. The lowest BCUT2D eigenvalue weighted by molar-refractivity contribution is -0.129. The van der Waals surface area contributed by atoms with Crippen LogP contribution in [0.5, 0.6) is 0 Å². The van der Waals surface area contributed by atoms with Gasteiger partial charge >= 0.3 is 0 Å². The predicted molar refractivity (Wildman–Crippen MR) is 102 cm³/mol. The zero-order valence-corrected chi connectivity index (χ0v) is 15.6. The molecule has 0 aliphatic carbocycles. The molecule has 1 atom stereocenters. The summed E-state index contributed by atoms with van der Waals surface area (Å²) in [4.78, 5) is 27.5. The lowest BCUT2D eigenvalue weighted by atomic mass is 10.0. The highest BCUT2D eigenvalue weighted by atomic mass is 16.5. The summed E-state index contributed by atoms with van der Waals surface area (Å²) in [6, 6.07) is 5.70. The minimum Gasteiger partial charge on any atom is -0.376 e.